The Kier molecular flexibility index (Phi) is 56.4. The molecule has 77 heavy (non-hydrogen) atoms. The minimum Gasteiger partial charge on any atom is -0.477 e. The van der Waals surface area contributed by atoms with Crippen molar-refractivity contribution in [1.29, 1.82) is 0 Å². The lowest BCUT2D eigenvalue weighted by atomic mass is 10.0. The van der Waals surface area contributed by atoms with Crippen LogP contribution in [0.3, 0.4) is 0 Å². The zero-order valence-corrected chi connectivity index (χ0v) is 50.9. The Morgan fingerprint density at radius 1 is 0.390 bits per heavy atom. The van der Waals surface area contributed by atoms with Crippen molar-refractivity contribution in [3.63, 3.8) is 0 Å². The number of rotatable bonds is 59. The molecular weight excluding hydrogens is 959 g/mol. The highest BCUT2D eigenvalue weighted by atomic mass is 16.7. The van der Waals surface area contributed by atoms with Crippen LogP contribution < -0.4 is 0 Å². The fourth-order valence-electron chi connectivity index (χ4n) is 8.97. The van der Waals surface area contributed by atoms with E-state index in [0.29, 0.717) is 17.4 Å². The third-order valence-corrected chi connectivity index (χ3v) is 13.9. The number of carboxylic acid groups (broad SMARTS) is 1. The predicted octanol–water partition coefficient (Wildman–Crippen LogP) is 19.4. The van der Waals surface area contributed by atoms with Gasteiger partial charge in [0.15, 0.2) is 6.10 Å². The number of esters is 2. The minimum atomic E-state index is -1.51. The number of hydrogen-bond donors (Lipinski definition) is 1. The van der Waals surface area contributed by atoms with Crippen LogP contribution in [0.5, 0.6) is 0 Å². The Labute approximate surface area is 475 Å². The third-order valence-electron chi connectivity index (χ3n) is 13.9. The highest BCUT2D eigenvalue weighted by molar-refractivity contribution is 5.71. The van der Waals surface area contributed by atoms with Crippen LogP contribution in [0.2, 0.25) is 0 Å². The number of quaternary nitrogens is 1. The average molecular weight is 1080 g/mol. The first-order chi connectivity index (χ1) is 37.6. The number of likely N-dealkylation sites (N-methyl/N-ethyl adjacent to an activating group) is 1. The maximum atomic E-state index is 12.9. The van der Waals surface area contributed by atoms with Crippen molar-refractivity contribution in [2.45, 2.75) is 296 Å². The molecule has 0 saturated carbocycles. The second-order valence-corrected chi connectivity index (χ2v) is 22.7. The van der Waals surface area contributed by atoms with Crippen molar-refractivity contribution in [2.24, 2.45) is 0 Å². The van der Waals surface area contributed by atoms with Gasteiger partial charge in [-0.05, 0) is 89.9 Å². The smallest absolute Gasteiger partial charge is 0.361 e. The Morgan fingerprint density at radius 3 is 1.04 bits per heavy atom. The number of aliphatic carboxylic acids is 1. The predicted molar refractivity (Wildman–Crippen MR) is 327 cm³/mol. The van der Waals surface area contributed by atoms with Gasteiger partial charge in [0.05, 0.1) is 34.4 Å². The van der Waals surface area contributed by atoms with E-state index in [0.717, 1.165) is 64.2 Å². The molecule has 0 bridgehead atoms. The molecule has 0 amide bonds. The van der Waals surface area contributed by atoms with Crippen molar-refractivity contribution < 1.29 is 42.9 Å². The summed E-state index contributed by atoms with van der Waals surface area (Å²) in [5, 5.41) is 9.73. The molecule has 0 radical (unpaired) electrons. The summed E-state index contributed by atoms with van der Waals surface area (Å²) in [4.78, 5) is 37.5. The van der Waals surface area contributed by atoms with Gasteiger partial charge >= 0.3 is 17.9 Å². The quantitative estimate of drug-likeness (QED) is 0.0211. The van der Waals surface area contributed by atoms with E-state index >= 15 is 0 Å². The number of hydrogen-bond acceptors (Lipinski definition) is 7. The van der Waals surface area contributed by atoms with E-state index in [2.05, 4.69) is 86.8 Å². The monoisotopic (exact) mass is 1080 g/mol. The molecule has 0 aliphatic carbocycles. The summed E-state index contributed by atoms with van der Waals surface area (Å²) in [5.74, 6) is -2.01. The maximum Gasteiger partial charge on any atom is 0.361 e. The molecule has 2 unspecified atom stereocenters. The van der Waals surface area contributed by atoms with Gasteiger partial charge in [0.25, 0.3) is 6.29 Å². The van der Waals surface area contributed by atoms with E-state index in [4.69, 9.17) is 18.9 Å². The largest absolute Gasteiger partial charge is 0.477 e. The molecule has 2 atom stereocenters. The number of allylic oxidation sites excluding steroid dienone is 12. The number of carboxylic acids is 1. The van der Waals surface area contributed by atoms with Crippen LogP contribution in [0.15, 0.2) is 72.9 Å². The van der Waals surface area contributed by atoms with E-state index in [1.54, 1.807) is 0 Å². The molecule has 9 nitrogen and oxygen atoms in total. The van der Waals surface area contributed by atoms with Gasteiger partial charge in [-0.25, -0.2) is 4.79 Å². The van der Waals surface area contributed by atoms with Gasteiger partial charge in [0, 0.05) is 12.8 Å². The number of carbonyl (C=O) groups excluding carboxylic acids is 2. The molecule has 0 saturated heterocycles. The van der Waals surface area contributed by atoms with E-state index in [-0.39, 0.29) is 32.2 Å². The molecule has 1 N–H and O–H groups in total. The highest BCUT2D eigenvalue weighted by Crippen LogP contribution is 2.16. The normalized spacial score (nSPS) is 13.2. The molecule has 0 aliphatic heterocycles. The molecule has 0 aromatic rings. The number of nitrogens with zero attached hydrogens (tertiary/aromatic N) is 1. The lowest BCUT2D eigenvalue weighted by Gasteiger charge is -2.25. The zero-order valence-electron chi connectivity index (χ0n) is 50.9. The molecule has 0 aliphatic rings. The Morgan fingerprint density at radius 2 is 0.701 bits per heavy atom. The summed E-state index contributed by atoms with van der Waals surface area (Å²) in [5.41, 5.74) is 0. The van der Waals surface area contributed by atoms with Crippen molar-refractivity contribution >= 4 is 17.9 Å². The van der Waals surface area contributed by atoms with E-state index in [1.165, 1.54) is 193 Å². The molecule has 0 fully saturated rings. The Balaban J connectivity index is 4.20. The summed E-state index contributed by atoms with van der Waals surface area (Å²) < 4.78 is 22.9. The molecule has 0 aromatic heterocycles. The van der Waals surface area contributed by atoms with Crippen molar-refractivity contribution in [1.82, 2.24) is 0 Å². The fraction of sp³-hybridized carbons (Fsp3) is 0.779. The standard InChI is InChI=1S/C68H121NO8/c1-6-8-10-12-14-16-18-20-22-24-26-28-30-32-33-35-37-39-41-43-45-47-49-51-53-55-57-59-66(71)77-64(63-76-68(67(72)73)74-61-60-69(3,4)5)62-75-65(70)58-56-54-52-50-48-46-44-42-40-38-36-34-31-29-27-25-23-21-19-17-15-13-11-9-7-2/h18-21,24-27,30-32,34,64,68H,6-17,22-23,28-29,33,35-63H2,1-5H3/p+1/b20-18-,21-19-,26-24-,27-25-,32-30-,34-31-. The molecule has 0 spiro atoms. The molecule has 0 rings (SSSR count). The number of ether oxygens (including phenoxy) is 4. The number of carbonyl (C=O) groups is 3. The lowest BCUT2D eigenvalue weighted by molar-refractivity contribution is -0.870. The van der Waals surface area contributed by atoms with Crippen LogP contribution in [0.1, 0.15) is 284 Å². The van der Waals surface area contributed by atoms with Crippen LogP contribution in [0, 0.1) is 0 Å². The first-order valence-corrected chi connectivity index (χ1v) is 32.1. The van der Waals surface area contributed by atoms with Crippen LogP contribution in [-0.2, 0) is 33.3 Å². The van der Waals surface area contributed by atoms with E-state index in [1.807, 2.05) is 21.1 Å². The van der Waals surface area contributed by atoms with E-state index in [9.17, 15) is 19.5 Å². The van der Waals surface area contributed by atoms with Crippen molar-refractivity contribution in [2.75, 3.05) is 47.5 Å². The van der Waals surface area contributed by atoms with Gasteiger partial charge in [-0.3, -0.25) is 9.59 Å². The maximum absolute atomic E-state index is 12.9. The first kappa shape index (κ1) is 73.7. The Bertz CT molecular complexity index is 1490. The SMILES string of the molecule is CCCCCCC/C=C\C/C=C\C/C=C\CCCCCCCCCCCCCCC(=O)OC(COC(=O)CCCCCCCCCCCC/C=C\C/C=C\C/C=C\CCCCCCC)COC(OCC[N+](C)(C)C)C(=O)O. The summed E-state index contributed by atoms with van der Waals surface area (Å²) in [6.45, 7) is 4.87. The fourth-order valence-corrected chi connectivity index (χ4v) is 8.97. The van der Waals surface area contributed by atoms with Crippen LogP contribution in [0.25, 0.3) is 0 Å². The Hall–Kier alpha value is -3.27. The molecule has 0 heterocycles. The van der Waals surface area contributed by atoms with Gasteiger partial charge in [-0.2, -0.15) is 0 Å². The van der Waals surface area contributed by atoms with Gasteiger partial charge in [0.2, 0.25) is 0 Å². The summed E-state index contributed by atoms with van der Waals surface area (Å²) >= 11 is 0. The second kappa shape index (κ2) is 58.9. The van der Waals surface area contributed by atoms with Crippen LogP contribution in [0.4, 0.5) is 0 Å². The van der Waals surface area contributed by atoms with Crippen LogP contribution >= 0.6 is 0 Å². The second-order valence-electron chi connectivity index (χ2n) is 22.7. The summed E-state index contributed by atoms with van der Waals surface area (Å²) in [6, 6.07) is 0. The molecule has 9 heteroatoms. The molecule has 446 valence electrons. The minimum absolute atomic E-state index is 0.184. The molecular formula is C68H122NO8+. The average Bonchev–Trinajstić information content (AvgIpc) is 3.40. The first-order valence-electron chi connectivity index (χ1n) is 32.1. The van der Waals surface area contributed by atoms with Gasteiger partial charge in [-0.1, -0.05) is 254 Å². The van der Waals surface area contributed by atoms with Crippen molar-refractivity contribution in [3.05, 3.63) is 72.9 Å². The van der Waals surface area contributed by atoms with E-state index < -0.39 is 24.3 Å². The summed E-state index contributed by atoms with van der Waals surface area (Å²) in [6.07, 6.45) is 74.1. The van der Waals surface area contributed by atoms with Gasteiger partial charge < -0.3 is 28.5 Å². The van der Waals surface area contributed by atoms with Crippen molar-refractivity contribution in [3.8, 4) is 0 Å². The lowest BCUT2D eigenvalue weighted by Crippen LogP contribution is -2.40. The zero-order chi connectivity index (χ0) is 56.2. The number of unbranched alkanes of at least 4 members (excludes halogenated alkanes) is 32. The van der Waals surface area contributed by atoms with Gasteiger partial charge in [0.1, 0.15) is 13.2 Å². The van der Waals surface area contributed by atoms with Gasteiger partial charge in [-0.15, -0.1) is 0 Å². The summed E-state index contributed by atoms with van der Waals surface area (Å²) in [7, 11) is 5.97. The topological polar surface area (TPSA) is 108 Å². The van der Waals surface area contributed by atoms with Crippen LogP contribution in [-0.4, -0.2) is 87.4 Å². The third kappa shape index (κ3) is 60.2. The highest BCUT2D eigenvalue weighted by Gasteiger charge is 2.25. The molecule has 0 aromatic carbocycles.